The van der Waals surface area contributed by atoms with E-state index in [0.29, 0.717) is 31.1 Å². The summed E-state index contributed by atoms with van der Waals surface area (Å²) in [7, 11) is 0. The highest BCUT2D eigenvalue weighted by Crippen LogP contribution is 2.65. The molecule has 0 N–H and O–H groups in total. The number of nitrogens with zero attached hydrogens (tertiary/aromatic N) is 1. The van der Waals surface area contributed by atoms with Gasteiger partial charge in [0.15, 0.2) is 17.2 Å². The Hall–Kier alpha value is -2.69. The molecule has 0 radical (unpaired) electrons. The Morgan fingerprint density at radius 2 is 1.83 bits per heavy atom. The minimum atomic E-state index is -1.01. The normalized spacial score (nSPS) is 33.3. The van der Waals surface area contributed by atoms with Gasteiger partial charge in [0.25, 0.3) is 6.47 Å². The van der Waals surface area contributed by atoms with Gasteiger partial charge in [-0.2, -0.15) is 0 Å². The molecule has 0 spiro atoms. The molecule has 1 aromatic carbocycles. The number of fused-ring (bicyclic) bond motifs is 4. The first-order valence-corrected chi connectivity index (χ1v) is 13.7. The number of allylic oxidation sites excluding steroid dienone is 4. The summed E-state index contributed by atoms with van der Waals surface area (Å²) in [4.78, 5) is 39.5. The van der Waals surface area contributed by atoms with Crippen LogP contribution in [-0.4, -0.2) is 36.7 Å². The summed E-state index contributed by atoms with van der Waals surface area (Å²) >= 11 is 0. The standard InChI is InChI=1S/C31H39NO4/c1-5-32(6-2)23-10-7-21(8-11-23)27-18-24(35)17-22-9-12-25-26(29(22)27)13-15-30(4)28(25)14-16-31(30,20(3)34)36-19-33/h7-8,10-11,17,19,25,27-28H,5-6,9,12-16,18H2,1-4H3/t25-,27?,28+,30+,31+/m1/s1. The van der Waals surface area contributed by atoms with Crippen molar-refractivity contribution in [2.75, 3.05) is 18.0 Å². The lowest BCUT2D eigenvalue weighted by Crippen LogP contribution is -2.55. The molecule has 4 aliphatic rings. The zero-order valence-electron chi connectivity index (χ0n) is 22.1. The van der Waals surface area contributed by atoms with Gasteiger partial charge in [-0.05, 0) is 106 Å². The zero-order valence-corrected chi connectivity index (χ0v) is 22.1. The Morgan fingerprint density at radius 1 is 1.11 bits per heavy atom. The first-order valence-electron chi connectivity index (χ1n) is 13.7. The van der Waals surface area contributed by atoms with Gasteiger partial charge in [0.2, 0.25) is 0 Å². The molecule has 5 nitrogen and oxygen atoms in total. The van der Waals surface area contributed by atoms with Gasteiger partial charge in [-0.15, -0.1) is 0 Å². The number of hydrogen-bond donors (Lipinski definition) is 0. The highest BCUT2D eigenvalue weighted by atomic mass is 16.5. The third-order valence-electron chi connectivity index (χ3n) is 10.1. The quantitative estimate of drug-likeness (QED) is 0.444. The maximum Gasteiger partial charge on any atom is 0.294 e. The van der Waals surface area contributed by atoms with Crippen molar-refractivity contribution in [3.8, 4) is 0 Å². The van der Waals surface area contributed by atoms with E-state index in [-0.39, 0.29) is 22.9 Å². The van der Waals surface area contributed by atoms with Crippen LogP contribution in [0.15, 0.2) is 47.1 Å². The molecule has 36 heavy (non-hydrogen) atoms. The fourth-order valence-corrected chi connectivity index (χ4v) is 8.36. The number of carbonyl (C=O) groups excluding carboxylic acids is 3. The van der Waals surface area contributed by atoms with Gasteiger partial charge in [-0.25, -0.2) is 0 Å². The summed E-state index contributed by atoms with van der Waals surface area (Å²) in [5.41, 5.74) is 5.19. The molecule has 5 heteroatoms. The van der Waals surface area contributed by atoms with Crippen molar-refractivity contribution in [1.29, 1.82) is 0 Å². The molecule has 0 aliphatic heterocycles. The molecular weight excluding hydrogens is 450 g/mol. The number of ether oxygens (including phenoxy) is 1. The van der Waals surface area contributed by atoms with Gasteiger partial charge < -0.3 is 9.64 Å². The van der Waals surface area contributed by atoms with Crippen molar-refractivity contribution < 1.29 is 19.1 Å². The van der Waals surface area contributed by atoms with Gasteiger partial charge >= 0.3 is 0 Å². The number of hydrogen-bond acceptors (Lipinski definition) is 5. The van der Waals surface area contributed by atoms with E-state index in [0.717, 1.165) is 45.2 Å². The number of benzene rings is 1. The summed E-state index contributed by atoms with van der Waals surface area (Å²) in [5, 5.41) is 0. The van der Waals surface area contributed by atoms with Crippen molar-refractivity contribution in [2.45, 2.75) is 84.2 Å². The van der Waals surface area contributed by atoms with Crippen LogP contribution in [0.1, 0.15) is 84.1 Å². The molecule has 4 aliphatic carbocycles. The molecule has 2 saturated carbocycles. The highest BCUT2D eigenvalue weighted by Gasteiger charge is 2.65. The minimum Gasteiger partial charge on any atom is -0.453 e. The molecule has 0 saturated heterocycles. The largest absolute Gasteiger partial charge is 0.453 e. The monoisotopic (exact) mass is 489 g/mol. The average Bonchev–Trinajstić information content (AvgIpc) is 3.18. The fraction of sp³-hybridized carbons (Fsp3) is 0.581. The first kappa shape index (κ1) is 25.0. The van der Waals surface area contributed by atoms with Crippen molar-refractivity contribution in [3.63, 3.8) is 0 Å². The number of ketones is 2. The van der Waals surface area contributed by atoms with E-state index in [4.69, 9.17) is 4.74 Å². The molecule has 0 heterocycles. The van der Waals surface area contributed by atoms with Crippen LogP contribution in [0.25, 0.3) is 0 Å². The van der Waals surface area contributed by atoms with E-state index in [9.17, 15) is 14.4 Å². The van der Waals surface area contributed by atoms with Crippen LogP contribution in [0.4, 0.5) is 5.69 Å². The van der Waals surface area contributed by atoms with Crippen molar-refractivity contribution in [1.82, 2.24) is 0 Å². The Labute approximate surface area is 215 Å². The van der Waals surface area contributed by atoms with Crippen molar-refractivity contribution in [3.05, 3.63) is 52.6 Å². The molecule has 2 fully saturated rings. The van der Waals surface area contributed by atoms with E-state index in [1.54, 1.807) is 6.92 Å². The second-order valence-corrected chi connectivity index (χ2v) is 11.4. The molecule has 5 atom stereocenters. The Morgan fingerprint density at radius 3 is 2.47 bits per heavy atom. The third-order valence-corrected chi connectivity index (χ3v) is 10.1. The van der Waals surface area contributed by atoms with Gasteiger partial charge in [-0.3, -0.25) is 14.4 Å². The van der Waals surface area contributed by atoms with Crippen LogP contribution in [0.3, 0.4) is 0 Å². The van der Waals surface area contributed by atoms with E-state index >= 15 is 0 Å². The van der Waals surface area contributed by atoms with Crippen molar-refractivity contribution in [2.24, 2.45) is 17.3 Å². The Bertz CT molecular complexity index is 1130. The smallest absolute Gasteiger partial charge is 0.294 e. The zero-order chi connectivity index (χ0) is 25.7. The highest BCUT2D eigenvalue weighted by molar-refractivity contribution is 5.94. The predicted octanol–water partition coefficient (Wildman–Crippen LogP) is 5.93. The van der Waals surface area contributed by atoms with Gasteiger partial charge in [0, 0.05) is 36.5 Å². The van der Waals surface area contributed by atoms with E-state index in [1.165, 1.54) is 28.0 Å². The summed E-state index contributed by atoms with van der Waals surface area (Å²) in [5.74, 6) is 0.972. The van der Waals surface area contributed by atoms with Crippen LogP contribution in [0, 0.1) is 17.3 Å². The second-order valence-electron chi connectivity index (χ2n) is 11.4. The average molecular weight is 490 g/mol. The molecule has 192 valence electrons. The van der Waals surface area contributed by atoms with E-state index in [2.05, 4.69) is 49.9 Å². The summed E-state index contributed by atoms with van der Waals surface area (Å²) in [6, 6.07) is 8.83. The lowest BCUT2D eigenvalue weighted by molar-refractivity contribution is -0.173. The summed E-state index contributed by atoms with van der Waals surface area (Å²) < 4.78 is 5.66. The topological polar surface area (TPSA) is 63.7 Å². The van der Waals surface area contributed by atoms with Crippen LogP contribution >= 0.6 is 0 Å². The molecule has 1 unspecified atom stereocenters. The number of carbonyl (C=O) groups is 3. The summed E-state index contributed by atoms with van der Waals surface area (Å²) in [6.45, 7) is 10.5. The Balaban J connectivity index is 1.54. The van der Waals surface area contributed by atoms with Gasteiger partial charge in [0.1, 0.15) is 0 Å². The third kappa shape index (κ3) is 3.61. The van der Waals surface area contributed by atoms with Gasteiger partial charge in [-0.1, -0.05) is 24.6 Å². The first-order chi connectivity index (χ1) is 17.3. The Kier molecular flexibility index (Phi) is 6.46. The number of Topliss-reactive ketones (excluding diaryl/α,β-unsaturated/α-hetero) is 1. The number of anilines is 1. The van der Waals surface area contributed by atoms with Crippen molar-refractivity contribution >= 4 is 23.7 Å². The maximum atomic E-state index is 12.9. The van der Waals surface area contributed by atoms with Gasteiger partial charge in [0.05, 0.1) is 0 Å². The van der Waals surface area contributed by atoms with E-state index in [1.807, 2.05) is 6.08 Å². The predicted molar refractivity (Wildman–Crippen MR) is 141 cm³/mol. The van der Waals surface area contributed by atoms with Crippen LogP contribution in [-0.2, 0) is 19.1 Å². The lowest BCUT2D eigenvalue weighted by Gasteiger charge is -2.52. The maximum absolute atomic E-state index is 12.9. The molecule has 0 aromatic heterocycles. The SMILES string of the molecule is CCN(CC)c1ccc(C2CC(=O)C=C3CC[C@@H]4C(=C32)CC[C@@]2(C)[C@H]4CC[C@]2(OC=O)C(C)=O)cc1. The molecule has 5 rings (SSSR count). The molecular formula is C31H39NO4. The molecule has 0 bridgehead atoms. The number of rotatable bonds is 7. The summed E-state index contributed by atoms with van der Waals surface area (Å²) in [6.07, 6.45) is 7.55. The lowest BCUT2D eigenvalue weighted by atomic mass is 9.53. The minimum absolute atomic E-state index is 0.0264. The van der Waals surface area contributed by atoms with Crippen LogP contribution < -0.4 is 4.90 Å². The van der Waals surface area contributed by atoms with E-state index < -0.39 is 5.60 Å². The fourth-order valence-electron chi connectivity index (χ4n) is 8.36. The molecule has 0 amide bonds. The second kappa shape index (κ2) is 9.32. The van der Waals surface area contributed by atoms with Crippen LogP contribution in [0.2, 0.25) is 0 Å². The molecule has 1 aromatic rings. The van der Waals surface area contributed by atoms with Crippen LogP contribution in [0.5, 0.6) is 0 Å².